The zero-order chi connectivity index (χ0) is 17.3. The van der Waals surface area contributed by atoms with Crippen molar-refractivity contribution < 1.29 is 14.7 Å². The summed E-state index contributed by atoms with van der Waals surface area (Å²) in [6.07, 6.45) is 0. The van der Waals surface area contributed by atoms with Crippen LogP contribution in [0.4, 0.5) is 5.69 Å². The van der Waals surface area contributed by atoms with Gasteiger partial charge in [-0.15, -0.1) is 4.73 Å². The molecule has 0 saturated carbocycles. The molecular formula is C18H16N2O4. The lowest BCUT2D eigenvalue weighted by molar-refractivity contribution is 0.100. The van der Waals surface area contributed by atoms with Gasteiger partial charge in [0.1, 0.15) is 12.7 Å². The number of rotatable bonds is 3. The molecular weight excluding hydrogens is 308 g/mol. The van der Waals surface area contributed by atoms with Gasteiger partial charge in [-0.2, -0.15) is 0 Å². The van der Waals surface area contributed by atoms with Gasteiger partial charge in [-0.1, -0.05) is 36.4 Å². The highest BCUT2D eigenvalue weighted by Crippen LogP contribution is 2.25. The van der Waals surface area contributed by atoms with Gasteiger partial charge in [0.25, 0.3) is 11.5 Å². The number of aromatic hydroxyl groups is 1. The zero-order valence-corrected chi connectivity index (χ0v) is 13.2. The van der Waals surface area contributed by atoms with E-state index in [-0.39, 0.29) is 10.9 Å². The molecule has 6 nitrogen and oxygen atoms in total. The molecule has 0 aliphatic heterocycles. The summed E-state index contributed by atoms with van der Waals surface area (Å²) in [5.41, 5.74) is 0.962. The number of nitrogens with one attached hydrogen (secondary N) is 1. The maximum absolute atomic E-state index is 12.7. The molecule has 0 radical (unpaired) electrons. The van der Waals surface area contributed by atoms with Crippen molar-refractivity contribution in [2.75, 3.05) is 12.4 Å². The lowest BCUT2D eigenvalue weighted by Crippen LogP contribution is -2.28. The molecule has 0 atom stereocenters. The lowest BCUT2D eigenvalue weighted by atomic mass is 10.1. The number of hydrogen-bond acceptors (Lipinski definition) is 4. The van der Waals surface area contributed by atoms with Gasteiger partial charge in [-0.3, -0.25) is 9.59 Å². The largest absolute Gasteiger partial charge is 0.492 e. The van der Waals surface area contributed by atoms with Crippen LogP contribution in [0.2, 0.25) is 0 Å². The molecule has 3 rings (SSSR count). The molecule has 0 bridgehead atoms. The second kappa shape index (κ2) is 6.08. The van der Waals surface area contributed by atoms with E-state index in [9.17, 15) is 14.7 Å². The van der Waals surface area contributed by atoms with Crippen molar-refractivity contribution >= 4 is 22.4 Å². The Morgan fingerprint density at radius 1 is 1.08 bits per heavy atom. The Hall–Kier alpha value is -3.28. The van der Waals surface area contributed by atoms with Crippen LogP contribution in [0.5, 0.6) is 5.88 Å². The lowest BCUT2D eigenvalue weighted by Gasteiger charge is -2.14. The van der Waals surface area contributed by atoms with Crippen LogP contribution in [0.25, 0.3) is 10.8 Å². The van der Waals surface area contributed by atoms with Crippen molar-refractivity contribution in [1.29, 1.82) is 0 Å². The summed E-state index contributed by atoms with van der Waals surface area (Å²) >= 11 is 0. The maximum atomic E-state index is 12.7. The van der Waals surface area contributed by atoms with Gasteiger partial charge in [-0.05, 0) is 24.6 Å². The predicted octanol–water partition coefficient (Wildman–Crippen LogP) is 2.33. The van der Waals surface area contributed by atoms with Crippen molar-refractivity contribution in [3.63, 3.8) is 0 Å². The summed E-state index contributed by atoms with van der Waals surface area (Å²) < 4.78 is 0.703. The smallest absolute Gasteiger partial charge is 0.294 e. The van der Waals surface area contributed by atoms with Crippen molar-refractivity contribution in [1.82, 2.24) is 4.73 Å². The number of para-hydroxylation sites is 1. The Morgan fingerprint density at radius 3 is 2.38 bits per heavy atom. The van der Waals surface area contributed by atoms with Gasteiger partial charge in [0.05, 0.1) is 5.39 Å². The molecule has 1 aromatic heterocycles. The van der Waals surface area contributed by atoms with Crippen LogP contribution in [0.15, 0.2) is 53.3 Å². The molecule has 0 unspecified atom stereocenters. The number of anilines is 1. The Bertz CT molecular complexity index is 992. The third-order valence-electron chi connectivity index (χ3n) is 3.83. The molecule has 0 fully saturated rings. The van der Waals surface area contributed by atoms with E-state index in [4.69, 9.17) is 4.84 Å². The molecule has 3 aromatic rings. The minimum Gasteiger partial charge on any atom is -0.492 e. The third-order valence-corrected chi connectivity index (χ3v) is 3.83. The first-order valence-corrected chi connectivity index (χ1v) is 7.32. The van der Waals surface area contributed by atoms with Crippen molar-refractivity contribution in [3.05, 3.63) is 70.0 Å². The number of aryl methyl sites for hydroxylation is 1. The van der Waals surface area contributed by atoms with Crippen molar-refractivity contribution in [2.24, 2.45) is 0 Å². The number of fused-ring (bicyclic) bond motifs is 1. The summed E-state index contributed by atoms with van der Waals surface area (Å²) in [5, 5.41) is 13.8. The molecule has 0 aliphatic carbocycles. The Balaban J connectivity index is 2.20. The molecule has 2 aromatic carbocycles. The number of amides is 1. The quantitative estimate of drug-likeness (QED) is 0.775. The Morgan fingerprint density at radius 2 is 1.71 bits per heavy atom. The maximum Gasteiger partial charge on any atom is 0.294 e. The second-order valence-corrected chi connectivity index (χ2v) is 5.30. The van der Waals surface area contributed by atoms with Crippen molar-refractivity contribution in [3.8, 4) is 5.88 Å². The van der Waals surface area contributed by atoms with Crippen LogP contribution in [-0.2, 0) is 0 Å². The molecule has 0 saturated heterocycles. The second-order valence-electron chi connectivity index (χ2n) is 5.30. The van der Waals surface area contributed by atoms with Gasteiger partial charge < -0.3 is 15.3 Å². The van der Waals surface area contributed by atoms with Gasteiger partial charge in [0.15, 0.2) is 0 Å². The molecule has 1 heterocycles. The number of nitrogens with zero attached hydrogens (tertiary/aromatic N) is 1. The van der Waals surface area contributed by atoms with E-state index in [1.807, 2.05) is 19.1 Å². The van der Waals surface area contributed by atoms with Crippen LogP contribution in [-0.4, -0.2) is 22.9 Å². The van der Waals surface area contributed by atoms with E-state index >= 15 is 0 Å². The highest BCUT2D eigenvalue weighted by molar-refractivity contribution is 6.14. The molecule has 0 spiro atoms. The number of benzene rings is 2. The average Bonchev–Trinajstić information content (AvgIpc) is 2.57. The monoisotopic (exact) mass is 324 g/mol. The summed E-state index contributed by atoms with van der Waals surface area (Å²) in [7, 11) is 1.25. The highest BCUT2D eigenvalue weighted by Gasteiger charge is 2.22. The first-order chi connectivity index (χ1) is 11.5. The molecule has 6 heteroatoms. The summed E-state index contributed by atoms with van der Waals surface area (Å²) in [5.74, 6) is -1.06. The number of hydrogen-bond donors (Lipinski definition) is 2. The average molecular weight is 324 g/mol. The van der Waals surface area contributed by atoms with Crippen LogP contribution >= 0.6 is 0 Å². The minimum absolute atomic E-state index is 0.0182. The van der Waals surface area contributed by atoms with Crippen LogP contribution in [0.1, 0.15) is 15.9 Å². The van der Waals surface area contributed by atoms with E-state index in [0.29, 0.717) is 15.8 Å². The van der Waals surface area contributed by atoms with Gasteiger partial charge in [0.2, 0.25) is 5.88 Å². The Kier molecular flexibility index (Phi) is 3.95. The summed E-state index contributed by atoms with van der Waals surface area (Å²) in [6.45, 7) is 1.86. The highest BCUT2D eigenvalue weighted by atomic mass is 16.7. The van der Waals surface area contributed by atoms with E-state index in [2.05, 4.69) is 5.32 Å². The molecule has 122 valence electrons. The molecule has 24 heavy (non-hydrogen) atoms. The van der Waals surface area contributed by atoms with Crippen LogP contribution in [0.3, 0.4) is 0 Å². The predicted molar refractivity (Wildman–Crippen MR) is 91.5 cm³/mol. The van der Waals surface area contributed by atoms with E-state index in [1.165, 1.54) is 7.11 Å². The van der Waals surface area contributed by atoms with E-state index < -0.39 is 17.3 Å². The van der Waals surface area contributed by atoms with Gasteiger partial charge in [0, 0.05) is 11.1 Å². The first kappa shape index (κ1) is 15.6. The van der Waals surface area contributed by atoms with E-state index in [0.717, 1.165) is 5.56 Å². The van der Waals surface area contributed by atoms with Gasteiger partial charge in [-0.25, -0.2) is 0 Å². The topological polar surface area (TPSA) is 80.6 Å². The number of pyridine rings is 1. The number of carbonyl (C=O) groups excluding carboxylic acids is 1. The van der Waals surface area contributed by atoms with E-state index in [1.54, 1.807) is 36.4 Å². The molecule has 1 amide bonds. The fourth-order valence-electron chi connectivity index (χ4n) is 2.61. The fourth-order valence-corrected chi connectivity index (χ4v) is 2.61. The molecule has 0 aliphatic rings. The van der Waals surface area contributed by atoms with Gasteiger partial charge >= 0.3 is 0 Å². The SMILES string of the molecule is COn1c(O)c(C(=O)Nc2ccccc2C)c2ccccc2c1=O. The van der Waals surface area contributed by atoms with Crippen LogP contribution < -0.4 is 15.7 Å². The standard InChI is InChI=1S/C18H16N2O4/c1-11-7-3-6-10-14(11)19-16(21)15-12-8-4-5-9-13(12)17(22)20(24-2)18(15)23/h3-10,23H,1-2H3,(H,19,21). The minimum atomic E-state index is -0.535. The summed E-state index contributed by atoms with van der Waals surface area (Å²) in [6, 6.07) is 13.9. The summed E-state index contributed by atoms with van der Waals surface area (Å²) in [4.78, 5) is 30.0. The molecule has 2 N–H and O–H groups in total. The normalized spacial score (nSPS) is 10.6. The first-order valence-electron chi connectivity index (χ1n) is 7.32. The fraction of sp³-hybridized carbons (Fsp3) is 0.111. The zero-order valence-electron chi connectivity index (χ0n) is 13.2. The number of aromatic nitrogens is 1. The van der Waals surface area contributed by atoms with Crippen molar-refractivity contribution in [2.45, 2.75) is 6.92 Å². The number of carbonyl (C=O) groups is 1. The Labute approximate surface area is 137 Å². The van der Waals surface area contributed by atoms with Crippen LogP contribution in [0, 0.1) is 6.92 Å². The third kappa shape index (κ3) is 2.48.